The fourth-order valence-electron chi connectivity index (χ4n) is 1.68. The van der Waals surface area contributed by atoms with Gasteiger partial charge >= 0.3 is 17.4 Å². The highest BCUT2D eigenvalue weighted by Gasteiger charge is 2.72. The molecule has 0 aromatic heterocycles. The smallest absolute Gasteiger partial charge is 0.481 e. The number of carbonyl (C=O) groups is 1. The first kappa shape index (κ1) is 20.5. The summed E-state index contributed by atoms with van der Waals surface area (Å²) in [5.74, 6) is -8.83. The van der Waals surface area contributed by atoms with Gasteiger partial charge in [-0.1, -0.05) is 0 Å². The molecule has 0 aliphatic carbocycles. The molecule has 0 amide bonds. The molecule has 1 atom stereocenters. The van der Waals surface area contributed by atoms with Gasteiger partial charge in [0.15, 0.2) is 21.2 Å². The van der Waals surface area contributed by atoms with Crippen LogP contribution in [0, 0.1) is 56.5 Å². The lowest BCUT2D eigenvalue weighted by atomic mass is 9.91. The molecule has 0 rings (SSSR count). The van der Waals surface area contributed by atoms with Crippen LogP contribution in [0.3, 0.4) is 0 Å². The van der Waals surface area contributed by atoms with Crippen LogP contribution in [0.4, 0.5) is 0 Å². The molecule has 0 heterocycles. The summed E-state index contributed by atoms with van der Waals surface area (Å²) in [6, 6.07) is 0. The van der Waals surface area contributed by atoms with E-state index < -0.39 is 60.8 Å². The van der Waals surface area contributed by atoms with Crippen LogP contribution < -0.4 is 0 Å². The number of hydrogen-bond donors (Lipinski definition) is 1. The molecule has 17 nitrogen and oxygen atoms in total. The van der Waals surface area contributed by atoms with Crippen LogP contribution in [0.5, 0.6) is 0 Å². The number of rotatable bonds is 10. The second kappa shape index (κ2) is 6.71. The molecule has 0 bridgehead atoms. The van der Waals surface area contributed by atoms with Gasteiger partial charge in [0.05, 0.1) is 22.7 Å². The van der Waals surface area contributed by atoms with E-state index in [2.05, 4.69) is 0 Å². The lowest BCUT2D eigenvalue weighted by Crippen LogP contribution is -2.56. The Kier molecular flexibility index (Phi) is 5.72. The van der Waals surface area contributed by atoms with Gasteiger partial charge in [0.2, 0.25) is 0 Å². The van der Waals surface area contributed by atoms with Crippen molar-refractivity contribution >= 4 is 5.97 Å². The Morgan fingerprint density at radius 3 is 1.38 bits per heavy atom. The highest BCUT2D eigenvalue weighted by Crippen LogP contribution is 2.30. The molecule has 0 fully saturated rings. The van der Waals surface area contributed by atoms with E-state index >= 15 is 0 Å². The Morgan fingerprint density at radius 2 is 1.17 bits per heavy atom. The zero-order valence-corrected chi connectivity index (χ0v) is 11.7. The van der Waals surface area contributed by atoms with E-state index in [0.29, 0.717) is 6.92 Å². The molecule has 0 aromatic carbocycles. The third kappa shape index (κ3) is 3.44. The molecule has 24 heavy (non-hydrogen) atoms. The summed E-state index contributed by atoms with van der Waals surface area (Å²) in [5, 5.41) is 62.7. The second-order valence-electron chi connectivity index (χ2n) is 4.72. The minimum absolute atomic E-state index is 0.370. The highest BCUT2D eigenvalue weighted by atomic mass is 16.7. The van der Waals surface area contributed by atoms with Crippen LogP contribution in [0.25, 0.3) is 0 Å². The van der Waals surface area contributed by atoms with Crippen molar-refractivity contribution in [2.75, 3.05) is 0 Å². The summed E-state index contributed by atoms with van der Waals surface area (Å²) >= 11 is 0. The molecule has 0 radical (unpaired) electrons. The number of aliphatic carboxylic acids is 1. The monoisotopic (exact) mass is 355 g/mol. The third-order valence-electron chi connectivity index (χ3n) is 3.17. The largest absolute Gasteiger partial charge is 0.700 e. The molecule has 0 saturated carbocycles. The molecule has 1 N–H and O–H groups in total. The van der Waals surface area contributed by atoms with Crippen molar-refractivity contribution in [3.05, 3.63) is 50.6 Å². The van der Waals surface area contributed by atoms with Crippen molar-refractivity contribution < 1.29 is 34.5 Å². The van der Waals surface area contributed by atoms with E-state index in [-0.39, 0.29) is 0 Å². The van der Waals surface area contributed by atoms with E-state index in [1.54, 1.807) is 0 Å². The maximum atomic E-state index is 11.1. The predicted molar refractivity (Wildman–Crippen MR) is 66.5 cm³/mol. The highest BCUT2D eigenvalue weighted by molar-refractivity contribution is 5.70. The quantitative estimate of drug-likeness (QED) is 0.287. The Morgan fingerprint density at radius 1 is 0.833 bits per heavy atom. The van der Waals surface area contributed by atoms with E-state index in [1.165, 1.54) is 0 Å². The van der Waals surface area contributed by atoms with Crippen LogP contribution in [-0.2, 0) is 4.79 Å². The lowest BCUT2D eigenvalue weighted by Gasteiger charge is -2.18. The van der Waals surface area contributed by atoms with Gasteiger partial charge in [0.25, 0.3) is 0 Å². The summed E-state index contributed by atoms with van der Waals surface area (Å²) in [4.78, 5) is 55.9. The van der Waals surface area contributed by atoms with Crippen molar-refractivity contribution in [3.63, 3.8) is 0 Å². The fourth-order valence-corrected chi connectivity index (χ4v) is 1.68. The summed E-state index contributed by atoms with van der Waals surface area (Å²) in [5.41, 5.74) is -3.17. The minimum atomic E-state index is -4.21. The first-order chi connectivity index (χ1) is 10.7. The molecule has 0 aliphatic heterocycles. The molecule has 0 spiro atoms. The number of carboxylic acid groups (broad SMARTS) is 1. The van der Waals surface area contributed by atoms with Gasteiger partial charge in [-0.2, -0.15) is 0 Å². The molecular formula is C7H9N5O12. The van der Waals surface area contributed by atoms with Crippen molar-refractivity contribution in [1.29, 1.82) is 0 Å². The SMILES string of the molecule is CC(CC(CC([N+](=O)[O-])([N+](=O)[O-])[N+](=O)[O-])C(=O)O)([N+](=O)[O-])[N+](=O)[O-]. The predicted octanol–water partition coefficient (Wildman–Crippen LogP) is -0.779. The molecule has 0 aromatic rings. The van der Waals surface area contributed by atoms with Crippen LogP contribution >= 0.6 is 0 Å². The Bertz CT molecular complexity index is 565. The van der Waals surface area contributed by atoms with Crippen molar-refractivity contribution in [2.45, 2.75) is 31.2 Å². The fraction of sp³-hybridized carbons (Fsp3) is 0.857. The van der Waals surface area contributed by atoms with Crippen LogP contribution in [0.1, 0.15) is 19.8 Å². The maximum absolute atomic E-state index is 11.1. The standard InChI is InChI=1S/C7H9N5O12/c1-6(8(15)16,9(17)18)2-4(5(13)14)3-7(10(19)20,11(21)22)12(23)24/h4H,2-3H2,1H3,(H,13,14). The minimum Gasteiger partial charge on any atom is -0.481 e. The molecule has 1 unspecified atom stereocenters. The third-order valence-corrected chi connectivity index (χ3v) is 3.17. The Hall–Kier alpha value is -3.53. The summed E-state index contributed by atoms with van der Waals surface area (Å²) in [6.45, 7) is 0.370. The zero-order valence-electron chi connectivity index (χ0n) is 11.7. The molecule has 0 saturated heterocycles. The van der Waals surface area contributed by atoms with E-state index in [4.69, 9.17) is 5.11 Å². The van der Waals surface area contributed by atoms with E-state index in [1.807, 2.05) is 0 Å². The normalized spacial score (nSPS) is 12.9. The van der Waals surface area contributed by atoms with Gasteiger partial charge in [-0.3, -0.25) is 55.4 Å². The van der Waals surface area contributed by atoms with Gasteiger partial charge in [-0.25, -0.2) is 0 Å². The van der Waals surface area contributed by atoms with Gasteiger partial charge in [0.1, 0.15) is 6.42 Å². The first-order valence-electron chi connectivity index (χ1n) is 5.68. The molecule has 134 valence electrons. The van der Waals surface area contributed by atoms with Gasteiger partial charge in [-0.15, -0.1) is 0 Å². The average Bonchev–Trinajstić information content (AvgIpc) is 2.40. The van der Waals surface area contributed by atoms with Crippen LogP contribution in [-0.4, -0.2) is 47.1 Å². The first-order valence-corrected chi connectivity index (χ1v) is 5.68. The Labute approximate surface area is 129 Å². The number of nitro groups is 5. The topological polar surface area (TPSA) is 253 Å². The average molecular weight is 355 g/mol. The maximum Gasteiger partial charge on any atom is 0.700 e. The number of hydrogen-bond acceptors (Lipinski definition) is 11. The number of carboxylic acids is 1. The number of nitrogens with zero attached hydrogens (tertiary/aromatic N) is 5. The van der Waals surface area contributed by atoms with Crippen LogP contribution in [0.15, 0.2) is 0 Å². The van der Waals surface area contributed by atoms with Gasteiger partial charge in [-0.05, 0) is 0 Å². The molecule has 17 heteroatoms. The van der Waals surface area contributed by atoms with Gasteiger partial charge < -0.3 is 5.11 Å². The Balaban J connectivity index is 6.03. The van der Waals surface area contributed by atoms with Gasteiger partial charge in [0, 0.05) is 0 Å². The summed E-state index contributed by atoms with van der Waals surface area (Å²) < 4.78 is 0. The lowest BCUT2D eigenvalue weighted by molar-refractivity contribution is -0.971. The molecular weight excluding hydrogens is 346 g/mol. The van der Waals surface area contributed by atoms with Crippen molar-refractivity contribution in [3.8, 4) is 0 Å². The summed E-state index contributed by atoms with van der Waals surface area (Å²) in [7, 11) is 0. The van der Waals surface area contributed by atoms with Crippen LogP contribution in [0.2, 0.25) is 0 Å². The van der Waals surface area contributed by atoms with Crippen molar-refractivity contribution in [2.24, 2.45) is 5.92 Å². The zero-order chi connectivity index (χ0) is 19.5. The molecule has 0 aliphatic rings. The summed E-state index contributed by atoms with van der Waals surface area (Å²) in [6.07, 6.45) is -3.47. The second-order valence-corrected chi connectivity index (χ2v) is 4.72. The van der Waals surface area contributed by atoms with Crippen molar-refractivity contribution in [1.82, 2.24) is 0 Å². The van der Waals surface area contributed by atoms with E-state index in [9.17, 15) is 55.4 Å². The van der Waals surface area contributed by atoms with E-state index in [0.717, 1.165) is 0 Å².